The molecule has 3 heteroatoms. The molecular weight excluding hydrogens is 326 g/mol. The second-order valence-electron chi connectivity index (χ2n) is 5.44. The first-order chi connectivity index (χ1) is 10.1. The summed E-state index contributed by atoms with van der Waals surface area (Å²) in [6.07, 6.45) is 0. The van der Waals surface area contributed by atoms with Gasteiger partial charge in [0.15, 0.2) is 0 Å². The summed E-state index contributed by atoms with van der Waals surface area (Å²) in [6, 6.07) is 14.8. The van der Waals surface area contributed by atoms with Gasteiger partial charge in [0.05, 0.1) is 6.04 Å². The van der Waals surface area contributed by atoms with E-state index in [1.54, 1.807) is 0 Å². The second-order valence-corrected chi connectivity index (χ2v) is 6.29. The number of hydrogen-bond donors (Lipinski definition) is 1. The van der Waals surface area contributed by atoms with Gasteiger partial charge in [-0.05, 0) is 56.3 Å². The second kappa shape index (κ2) is 5.66. The van der Waals surface area contributed by atoms with E-state index in [2.05, 4.69) is 71.5 Å². The highest BCUT2D eigenvalue weighted by atomic mass is 79.9. The summed E-state index contributed by atoms with van der Waals surface area (Å²) in [5.41, 5.74) is 4.59. The maximum atomic E-state index is 6.03. The number of nitrogens with one attached hydrogen (secondary N) is 1. The molecule has 3 aromatic rings. The van der Waals surface area contributed by atoms with Crippen LogP contribution in [-0.2, 0) is 0 Å². The van der Waals surface area contributed by atoms with Crippen molar-refractivity contribution < 1.29 is 4.42 Å². The van der Waals surface area contributed by atoms with Gasteiger partial charge >= 0.3 is 0 Å². The van der Waals surface area contributed by atoms with E-state index in [0.29, 0.717) is 0 Å². The van der Waals surface area contributed by atoms with Crippen molar-refractivity contribution in [3.63, 3.8) is 0 Å². The predicted molar refractivity (Wildman–Crippen MR) is 90.7 cm³/mol. The summed E-state index contributed by atoms with van der Waals surface area (Å²) in [6.45, 7) is 4.19. The first kappa shape index (κ1) is 14.4. The fourth-order valence-electron chi connectivity index (χ4n) is 2.64. The van der Waals surface area contributed by atoms with Crippen molar-refractivity contribution in [1.29, 1.82) is 0 Å². The minimum Gasteiger partial charge on any atom is -0.459 e. The Hall–Kier alpha value is -1.58. The van der Waals surface area contributed by atoms with Crippen LogP contribution in [0, 0.1) is 13.8 Å². The number of furan rings is 1. The Balaban J connectivity index is 2.09. The molecule has 1 atom stereocenters. The van der Waals surface area contributed by atoms with Crippen molar-refractivity contribution in [1.82, 2.24) is 5.32 Å². The molecule has 21 heavy (non-hydrogen) atoms. The van der Waals surface area contributed by atoms with Gasteiger partial charge in [-0.3, -0.25) is 0 Å². The first-order valence-electron chi connectivity index (χ1n) is 7.02. The van der Waals surface area contributed by atoms with Crippen molar-refractivity contribution in [2.45, 2.75) is 19.9 Å². The number of rotatable bonds is 3. The van der Waals surface area contributed by atoms with E-state index < -0.39 is 0 Å². The normalized spacial score (nSPS) is 12.8. The van der Waals surface area contributed by atoms with Gasteiger partial charge in [-0.2, -0.15) is 0 Å². The molecule has 0 amide bonds. The zero-order valence-electron chi connectivity index (χ0n) is 12.4. The van der Waals surface area contributed by atoms with Gasteiger partial charge in [-0.15, -0.1) is 0 Å². The lowest BCUT2D eigenvalue weighted by molar-refractivity contribution is 0.491. The molecule has 0 aliphatic carbocycles. The van der Waals surface area contributed by atoms with Gasteiger partial charge in [0.2, 0.25) is 0 Å². The maximum Gasteiger partial charge on any atom is 0.134 e. The standard InChI is InChI=1S/C18H18BrNO/c1-11-5-7-16-13(8-11)10-17(21-16)18(20-3)14-6-4-12(2)9-15(14)19/h4-10,18,20H,1-3H3. The Bertz CT molecular complexity index is 791. The van der Waals surface area contributed by atoms with Crippen molar-refractivity contribution >= 4 is 26.9 Å². The fourth-order valence-corrected chi connectivity index (χ4v) is 3.37. The Kier molecular flexibility index (Phi) is 3.87. The van der Waals surface area contributed by atoms with Crippen molar-refractivity contribution in [3.8, 4) is 0 Å². The van der Waals surface area contributed by atoms with E-state index in [1.807, 2.05) is 13.1 Å². The molecule has 3 rings (SSSR count). The fraction of sp³-hybridized carbons (Fsp3) is 0.222. The zero-order valence-corrected chi connectivity index (χ0v) is 14.0. The molecular formula is C18H18BrNO. The van der Waals surface area contributed by atoms with Crippen LogP contribution < -0.4 is 5.32 Å². The number of fused-ring (bicyclic) bond motifs is 1. The summed E-state index contributed by atoms with van der Waals surface area (Å²) in [4.78, 5) is 0. The van der Waals surface area contributed by atoms with Crippen LogP contribution in [0.2, 0.25) is 0 Å². The average molecular weight is 344 g/mol. The van der Waals surface area contributed by atoms with E-state index in [9.17, 15) is 0 Å². The lowest BCUT2D eigenvalue weighted by atomic mass is 10.0. The van der Waals surface area contributed by atoms with Crippen molar-refractivity contribution in [3.05, 3.63) is 69.4 Å². The molecule has 0 saturated heterocycles. The van der Waals surface area contributed by atoms with Gasteiger partial charge in [0.25, 0.3) is 0 Å². The number of aryl methyl sites for hydroxylation is 2. The molecule has 1 heterocycles. The van der Waals surface area contributed by atoms with E-state index in [1.165, 1.54) is 16.7 Å². The molecule has 0 aliphatic rings. The van der Waals surface area contributed by atoms with Crippen LogP contribution in [-0.4, -0.2) is 7.05 Å². The highest BCUT2D eigenvalue weighted by Gasteiger charge is 2.19. The molecule has 0 bridgehead atoms. The molecule has 1 aromatic heterocycles. The largest absolute Gasteiger partial charge is 0.459 e. The van der Waals surface area contributed by atoms with Crippen LogP contribution in [0.25, 0.3) is 11.0 Å². The van der Waals surface area contributed by atoms with E-state index in [-0.39, 0.29) is 6.04 Å². The smallest absolute Gasteiger partial charge is 0.134 e. The Morgan fingerprint density at radius 3 is 2.43 bits per heavy atom. The van der Waals surface area contributed by atoms with Crippen molar-refractivity contribution in [2.75, 3.05) is 7.05 Å². The van der Waals surface area contributed by atoms with E-state index in [4.69, 9.17) is 4.42 Å². The summed E-state index contributed by atoms with van der Waals surface area (Å²) < 4.78 is 7.13. The van der Waals surface area contributed by atoms with Gasteiger partial charge < -0.3 is 9.73 Å². The quantitative estimate of drug-likeness (QED) is 0.713. The van der Waals surface area contributed by atoms with Crippen LogP contribution in [0.1, 0.15) is 28.5 Å². The Morgan fingerprint density at radius 1 is 1.00 bits per heavy atom. The maximum absolute atomic E-state index is 6.03. The topological polar surface area (TPSA) is 25.2 Å². The molecule has 0 radical (unpaired) electrons. The average Bonchev–Trinajstić information content (AvgIpc) is 2.84. The molecule has 1 N–H and O–H groups in total. The highest BCUT2D eigenvalue weighted by Crippen LogP contribution is 2.32. The third kappa shape index (κ3) is 2.76. The molecule has 0 spiro atoms. The summed E-state index contributed by atoms with van der Waals surface area (Å²) in [5, 5.41) is 4.49. The number of hydrogen-bond acceptors (Lipinski definition) is 2. The van der Waals surface area contributed by atoms with Crippen LogP contribution in [0.5, 0.6) is 0 Å². The third-order valence-corrected chi connectivity index (χ3v) is 4.42. The number of halogens is 1. The molecule has 0 fully saturated rings. The van der Waals surface area contributed by atoms with E-state index >= 15 is 0 Å². The van der Waals surface area contributed by atoms with Gasteiger partial charge in [-0.1, -0.05) is 39.7 Å². The minimum absolute atomic E-state index is 0.0349. The monoisotopic (exact) mass is 343 g/mol. The predicted octanol–water partition coefficient (Wildman–Crippen LogP) is 5.12. The third-order valence-electron chi connectivity index (χ3n) is 3.73. The SMILES string of the molecule is CNC(c1cc2cc(C)ccc2o1)c1ccc(C)cc1Br. The van der Waals surface area contributed by atoms with Crippen LogP contribution >= 0.6 is 15.9 Å². The zero-order chi connectivity index (χ0) is 15.0. The van der Waals surface area contributed by atoms with Gasteiger partial charge in [0, 0.05) is 9.86 Å². The van der Waals surface area contributed by atoms with Crippen molar-refractivity contribution in [2.24, 2.45) is 0 Å². The van der Waals surface area contributed by atoms with E-state index in [0.717, 1.165) is 21.2 Å². The van der Waals surface area contributed by atoms with Gasteiger partial charge in [-0.25, -0.2) is 0 Å². The summed E-state index contributed by atoms with van der Waals surface area (Å²) >= 11 is 3.66. The lowest BCUT2D eigenvalue weighted by Crippen LogP contribution is -2.17. The molecule has 1 unspecified atom stereocenters. The van der Waals surface area contributed by atoms with Crippen LogP contribution in [0.4, 0.5) is 0 Å². The molecule has 2 nitrogen and oxygen atoms in total. The molecule has 2 aromatic carbocycles. The lowest BCUT2D eigenvalue weighted by Gasteiger charge is -2.16. The van der Waals surface area contributed by atoms with Gasteiger partial charge in [0.1, 0.15) is 11.3 Å². The summed E-state index contributed by atoms with van der Waals surface area (Å²) in [7, 11) is 1.95. The molecule has 0 saturated carbocycles. The first-order valence-corrected chi connectivity index (χ1v) is 7.81. The summed E-state index contributed by atoms with van der Waals surface area (Å²) in [5.74, 6) is 0.933. The van der Waals surface area contributed by atoms with Crippen LogP contribution in [0.3, 0.4) is 0 Å². The Labute approximate surface area is 133 Å². The molecule has 108 valence electrons. The van der Waals surface area contributed by atoms with Crippen LogP contribution in [0.15, 0.2) is 51.4 Å². The Morgan fingerprint density at radius 2 is 1.71 bits per heavy atom. The molecule has 0 aliphatic heterocycles. The highest BCUT2D eigenvalue weighted by molar-refractivity contribution is 9.10. The number of benzene rings is 2. The minimum atomic E-state index is 0.0349.